The van der Waals surface area contributed by atoms with Gasteiger partial charge in [-0.3, -0.25) is 4.79 Å². The van der Waals surface area contributed by atoms with Gasteiger partial charge in [-0.05, 0) is 42.3 Å². The van der Waals surface area contributed by atoms with Crippen LogP contribution in [0, 0.1) is 0 Å². The molecule has 146 valence electrons. The number of aryl methyl sites for hydroxylation is 1. The molecule has 0 aromatic heterocycles. The first-order chi connectivity index (χ1) is 12.9. The van der Waals surface area contributed by atoms with Gasteiger partial charge < -0.3 is 10.1 Å². The van der Waals surface area contributed by atoms with E-state index >= 15 is 0 Å². The van der Waals surface area contributed by atoms with E-state index in [0.29, 0.717) is 24.5 Å². The van der Waals surface area contributed by atoms with Crippen LogP contribution >= 0.6 is 0 Å². The molecule has 0 aliphatic carbocycles. The van der Waals surface area contributed by atoms with Crippen LogP contribution in [-0.2, 0) is 16.4 Å². The van der Waals surface area contributed by atoms with Crippen molar-refractivity contribution in [1.29, 1.82) is 0 Å². The van der Waals surface area contributed by atoms with Crippen LogP contribution in [-0.4, -0.2) is 38.8 Å². The number of sulfonamides is 1. The van der Waals surface area contributed by atoms with Gasteiger partial charge in [-0.15, -0.1) is 0 Å². The van der Waals surface area contributed by atoms with Gasteiger partial charge in [0.15, 0.2) is 0 Å². The summed E-state index contributed by atoms with van der Waals surface area (Å²) >= 11 is 0. The molecule has 6 nitrogen and oxygen atoms in total. The Labute approximate surface area is 161 Å². The molecule has 2 aromatic carbocycles. The monoisotopic (exact) mass is 390 g/mol. The molecule has 0 spiro atoms. The molecule has 0 unspecified atom stereocenters. The Bertz CT molecular complexity index is 906. The Morgan fingerprint density at radius 2 is 1.78 bits per heavy atom. The number of rotatable bonds is 8. The van der Waals surface area contributed by atoms with E-state index in [-0.39, 0.29) is 10.5 Å². The zero-order valence-electron chi connectivity index (χ0n) is 16.2. The van der Waals surface area contributed by atoms with Crippen molar-refractivity contribution in [2.45, 2.75) is 32.1 Å². The molecule has 0 heterocycles. The highest BCUT2D eigenvalue weighted by molar-refractivity contribution is 7.89. The minimum Gasteiger partial charge on any atom is -0.496 e. The van der Waals surface area contributed by atoms with Crippen LogP contribution in [0.15, 0.2) is 47.4 Å². The van der Waals surface area contributed by atoms with Crippen LogP contribution in [0.4, 0.5) is 5.69 Å². The number of hydrogen-bond acceptors (Lipinski definition) is 4. The minimum atomic E-state index is -3.67. The van der Waals surface area contributed by atoms with E-state index in [0.717, 1.165) is 12.0 Å². The normalized spacial score (nSPS) is 11.4. The van der Waals surface area contributed by atoms with E-state index in [1.165, 1.54) is 29.6 Å². The predicted octanol–water partition coefficient (Wildman–Crippen LogP) is 3.54. The number of benzene rings is 2. The summed E-state index contributed by atoms with van der Waals surface area (Å²) in [6, 6.07) is 11.9. The Morgan fingerprint density at radius 1 is 1.07 bits per heavy atom. The second-order valence-corrected chi connectivity index (χ2v) is 7.90. The number of amides is 1. The summed E-state index contributed by atoms with van der Waals surface area (Å²) in [5.41, 5.74) is 1.92. The number of hydrogen-bond donors (Lipinski definition) is 1. The average molecular weight is 391 g/mol. The van der Waals surface area contributed by atoms with Crippen LogP contribution < -0.4 is 10.1 Å². The van der Waals surface area contributed by atoms with Crippen molar-refractivity contribution in [1.82, 2.24) is 4.31 Å². The Kier molecular flexibility index (Phi) is 6.98. The molecule has 27 heavy (non-hydrogen) atoms. The van der Waals surface area contributed by atoms with Crippen LogP contribution in [0.3, 0.4) is 0 Å². The van der Waals surface area contributed by atoms with Crippen molar-refractivity contribution in [3.63, 3.8) is 0 Å². The second-order valence-electron chi connectivity index (χ2n) is 5.96. The maximum Gasteiger partial charge on any atom is 0.259 e. The summed E-state index contributed by atoms with van der Waals surface area (Å²) < 4.78 is 32.1. The standard InChI is InChI=1S/C20H26N2O4S/c1-5-15-9-8-10-16(13-15)21-20(23)18-14-17(11-12-19(18)26-4)27(24,25)22(6-2)7-3/h8-14H,5-7H2,1-4H3,(H,21,23). The fourth-order valence-corrected chi connectivity index (χ4v) is 4.29. The first kappa shape index (κ1) is 20.9. The lowest BCUT2D eigenvalue weighted by Crippen LogP contribution is -2.30. The summed E-state index contributed by atoms with van der Waals surface area (Å²) in [4.78, 5) is 12.9. The number of nitrogens with zero attached hydrogens (tertiary/aromatic N) is 1. The van der Waals surface area contributed by atoms with E-state index in [4.69, 9.17) is 4.74 Å². The summed E-state index contributed by atoms with van der Waals surface area (Å²) in [5, 5.41) is 2.82. The van der Waals surface area contributed by atoms with Crippen LogP contribution in [0.5, 0.6) is 5.75 Å². The molecule has 0 saturated carbocycles. The molecule has 0 bridgehead atoms. The van der Waals surface area contributed by atoms with E-state index in [9.17, 15) is 13.2 Å². The third kappa shape index (κ3) is 4.67. The van der Waals surface area contributed by atoms with Gasteiger partial charge in [0.1, 0.15) is 5.75 Å². The lowest BCUT2D eigenvalue weighted by molar-refractivity contribution is 0.102. The molecule has 0 atom stereocenters. The Morgan fingerprint density at radius 3 is 2.37 bits per heavy atom. The summed E-state index contributed by atoms with van der Waals surface area (Å²) in [6.45, 7) is 6.30. The van der Waals surface area contributed by atoms with Gasteiger partial charge in [0.25, 0.3) is 5.91 Å². The molecule has 0 saturated heterocycles. The van der Waals surface area contributed by atoms with E-state index in [2.05, 4.69) is 5.32 Å². The fourth-order valence-electron chi connectivity index (χ4n) is 2.81. The van der Waals surface area contributed by atoms with E-state index in [1.54, 1.807) is 19.9 Å². The van der Waals surface area contributed by atoms with Crippen molar-refractivity contribution in [3.05, 3.63) is 53.6 Å². The van der Waals surface area contributed by atoms with Crippen LogP contribution in [0.1, 0.15) is 36.7 Å². The highest BCUT2D eigenvalue weighted by atomic mass is 32.2. The average Bonchev–Trinajstić information content (AvgIpc) is 2.68. The zero-order chi connectivity index (χ0) is 20.0. The third-order valence-electron chi connectivity index (χ3n) is 4.35. The lowest BCUT2D eigenvalue weighted by Gasteiger charge is -2.19. The van der Waals surface area contributed by atoms with Crippen molar-refractivity contribution < 1.29 is 17.9 Å². The smallest absolute Gasteiger partial charge is 0.259 e. The maximum atomic E-state index is 12.8. The molecule has 0 aliphatic rings. The molecule has 0 aliphatic heterocycles. The quantitative estimate of drug-likeness (QED) is 0.748. The van der Waals surface area contributed by atoms with E-state index < -0.39 is 15.9 Å². The number of methoxy groups -OCH3 is 1. The van der Waals surface area contributed by atoms with Gasteiger partial charge in [-0.1, -0.05) is 32.9 Å². The van der Waals surface area contributed by atoms with Crippen molar-refractivity contribution >= 4 is 21.6 Å². The molecule has 7 heteroatoms. The number of anilines is 1. The molecule has 1 N–H and O–H groups in total. The molecule has 0 radical (unpaired) electrons. The van der Waals surface area contributed by atoms with Crippen molar-refractivity contribution in [2.24, 2.45) is 0 Å². The molecule has 2 rings (SSSR count). The molecule has 1 amide bonds. The maximum absolute atomic E-state index is 12.8. The van der Waals surface area contributed by atoms with Crippen molar-refractivity contribution in [3.8, 4) is 5.75 Å². The lowest BCUT2D eigenvalue weighted by atomic mass is 10.1. The highest BCUT2D eigenvalue weighted by Gasteiger charge is 2.24. The Hall–Kier alpha value is -2.38. The number of nitrogens with one attached hydrogen (secondary N) is 1. The van der Waals surface area contributed by atoms with Crippen molar-refractivity contribution in [2.75, 3.05) is 25.5 Å². The van der Waals surface area contributed by atoms with Gasteiger partial charge in [0, 0.05) is 18.8 Å². The minimum absolute atomic E-state index is 0.0689. The van der Waals surface area contributed by atoms with Crippen LogP contribution in [0.25, 0.3) is 0 Å². The van der Waals surface area contributed by atoms with Gasteiger partial charge in [0.05, 0.1) is 17.6 Å². The predicted molar refractivity (Wildman–Crippen MR) is 107 cm³/mol. The summed E-state index contributed by atoms with van der Waals surface area (Å²) in [5.74, 6) is -0.102. The number of carbonyl (C=O) groups excluding carboxylic acids is 1. The molecule has 0 fully saturated rings. The molecular formula is C20H26N2O4S. The summed E-state index contributed by atoms with van der Waals surface area (Å²) in [6.07, 6.45) is 0.852. The second kappa shape index (κ2) is 9.01. The number of carbonyl (C=O) groups is 1. The van der Waals surface area contributed by atoms with Gasteiger partial charge in [0.2, 0.25) is 10.0 Å². The van der Waals surface area contributed by atoms with Gasteiger partial charge in [-0.25, -0.2) is 8.42 Å². The SMILES string of the molecule is CCc1cccc(NC(=O)c2cc(S(=O)(=O)N(CC)CC)ccc2OC)c1. The van der Waals surface area contributed by atoms with Crippen LogP contribution in [0.2, 0.25) is 0 Å². The largest absolute Gasteiger partial charge is 0.496 e. The third-order valence-corrected chi connectivity index (χ3v) is 6.40. The van der Waals surface area contributed by atoms with Gasteiger partial charge in [-0.2, -0.15) is 4.31 Å². The highest BCUT2D eigenvalue weighted by Crippen LogP contribution is 2.25. The first-order valence-corrected chi connectivity index (χ1v) is 10.4. The Balaban J connectivity index is 2.41. The summed E-state index contributed by atoms with van der Waals surface area (Å²) in [7, 11) is -2.22. The van der Waals surface area contributed by atoms with Gasteiger partial charge >= 0.3 is 0 Å². The molecule has 2 aromatic rings. The molecular weight excluding hydrogens is 364 g/mol. The fraction of sp³-hybridized carbons (Fsp3) is 0.350. The van der Waals surface area contributed by atoms with E-state index in [1.807, 2.05) is 25.1 Å². The topological polar surface area (TPSA) is 75.7 Å². The zero-order valence-corrected chi connectivity index (χ0v) is 17.0. The first-order valence-electron chi connectivity index (χ1n) is 8.95. The number of ether oxygens (including phenoxy) is 1.